The number of fused-ring (bicyclic) bond motifs is 2. The first-order valence-corrected chi connectivity index (χ1v) is 10.8. The molecule has 0 radical (unpaired) electrons. The number of carboxylic acids is 1. The first-order valence-electron chi connectivity index (χ1n) is 10.8. The normalized spacial score (nSPS) is 17.2. The van der Waals surface area contributed by atoms with Gasteiger partial charge in [-0.05, 0) is 48.4 Å². The fraction of sp³-hybridized carbons (Fsp3) is 0.185. The average molecular weight is 441 g/mol. The molecular weight excluding hydrogens is 418 g/mol. The van der Waals surface area contributed by atoms with E-state index >= 15 is 0 Å². The Hall–Kier alpha value is -3.90. The zero-order valence-corrected chi connectivity index (χ0v) is 17.8. The predicted molar refractivity (Wildman–Crippen MR) is 124 cm³/mol. The molecule has 2 atom stereocenters. The van der Waals surface area contributed by atoms with Gasteiger partial charge in [0.1, 0.15) is 18.1 Å². The number of rotatable bonds is 6. The number of benzene rings is 3. The van der Waals surface area contributed by atoms with Crippen LogP contribution in [0.5, 0.6) is 11.5 Å². The number of para-hydroxylation sites is 1. The molecule has 6 nitrogen and oxygen atoms in total. The average Bonchev–Trinajstić information content (AvgIpc) is 2.84. The molecule has 0 aliphatic carbocycles. The fourth-order valence-electron chi connectivity index (χ4n) is 4.17. The lowest BCUT2D eigenvalue weighted by atomic mass is 9.88. The zero-order valence-electron chi connectivity index (χ0n) is 17.8. The Balaban J connectivity index is 1.26. The standard InChI is InChI=1S/C27H23NO5/c29-26-20(13-17-4-3-6-19(12-17)27(30)31)15-33-25-14-22(10-11-23(25)26)32-16-21-9-8-18-5-1-2-7-24(18)28-21/h1-12,14,20,26,29H,13,15-16H2,(H,30,31)/t20-,26-/m1/s1. The highest BCUT2D eigenvalue weighted by molar-refractivity contribution is 5.87. The van der Waals surface area contributed by atoms with Crippen LogP contribution in [-0.4, -0.2) is 27.8 Å². The van der Waals surface area contributed by atoms with E-state index in [1.807, 2.05) is 54.6 Å². The molecule has 1 aliphatic heterocycles. The molecule has 0 bridgehead atoms. The van der Waals surface area contributed by atoms with Crippen molar-refractivity contribution in [2.45, 2.75) is 19.1 Å². The minimum absolute atomic E-state index is 0.171. The Kier molecular flexibility index (Phi) is 5.67. The van der Waals surface area contributed by atoms with Gasteiger partial charge in [-0.3, -0.25) is 0 Å². The van der Waals surface area contributed by atoms with Gasteiger partial charge in [-0.1, -0.05) is 36.4 Å². The lowest BCUT2D eigenvalue weighted by Crippen LogP contribution is -2.27. The molecule has 166 valence electrons. The van der Waals surface area contributed by atoms with Crippen LogP contribution in [0.4, 0.5) is 0 Å². The van der Waals surface area contributed by atoms with E-state index in [0.29, 0.717) is 36.7 Å². The van der Waals surface area contributed by atoms with E-state index in [-0.39, 0.29) is 11.5 Å². The third kappa shape index (κ3) is 4.52. The van der Waals surface area contributed by atoms with E-state index < -0.39 is 12.1 Å². The van der Waals surface area contributed by atoms with Gasteiger partial charge in [0.15, 0.2) is 0 Å². The molecule has 3 aromatic carbocycles. The Morgan fingerprint density at radius 3 is 2.79 bits per heavy atom. The van der Waals surface area contributed by atoms with Crippen LogP contribution in [0.25, 0.3) is 10.9 Å². The smallest absolute Gasteiger partial charge is 0.335 e. The van der Waals surface area contributed by atoms with Crippen molar-refractivity contribution in [3.63, 3.8) is 0 Å². The molecule has 1 aromatic heterocycles. The fourth-order valence-corrected chi connectivity index (χ4v) is 4.17. The summed E-state index contributed by atoms with van der Waals surface area (Å²) in [6.45, 7) is 0.663. The van der Waals surface area contributed by atoms with Crippen molar-refractivity contribution in [2.24, 2.45) is 5.92 Å². The number of carbonyl (C=O) groups is 1. The van der Waals surface area contributed by atoms with Crippen LogP contribution in [0.15, 0.2) is 78.9 Å². The molecule has 6 heteroatoms. The van der Waals surface area contributed by atoms with Crippen molar-refractivity contribution < 1.29 is 24.5 Å². The monoisotopic (exact) mass is 441 g/mol. The van der Waals surface area contributed by atoms with E-state index in [0.717, 1.165) is 22.2 Å². The summed E-state index contributed by atoms with van der Waals surface area (Å²) in [6.07, 6.45) is -0.188. The molecule has 2 N–H and O–H groups in total. The summed E-state index contributed by atoms with van der Waals surface area (Å²) in [7, 11) is 0. The van der Waals surface area contributed by atoms with Gasteiger partial charge in [0.05, 0.1) is 29.5 Å². The highest BCUT2D eigenvalue weighted by Crippen LogP contribution is 2.39. The Morgan fingerprint density at radius 2 is 1.91 bits per heavy atom. The molecule has 0 saturated carbocycles. The quantitative estimate of drug-likeness (QED) is 0.447. The number of carboxylic acid groups (broad SMARTS) is 1. The third-order valence-corrected chi connectivity index (χ3v) is 5.92. The van der Waals surface area contributed by atoms with Gasteiger partial charge in [0.25, 0.3) is 0 Å². The SMILES string of the molecule is O=C(O)c1cccc(C[C@@H]2COc3cc(OCc4ccc5ccccc5n4)ccc3[C@@H]2O)c1. The van der Waals surface area contributed by atoms with E-state index in [1.54, 1.807) is 24.3 Å². The molecular formula is C27H23NO5. The van der Waals surface area contributed by atoms with Crippen molar-refractivity contribution in [1.29, 1.82) is 0 Å². The third-order valence-electron chi connectivity index (χ3n) is 5.92. The van der Waals surface area contributed by atoms with Crippen molar-refractivity contribution >= 4 is 16.9 Å². The van der Waals surface area contributed by atoms with Gasteiger partial charge in [0.2, 0.25) is 0 Å². The number of nitrogens with zero attached hydrogens (tertiary/aromatic N) is 1. The molecule has 2 heterocycles. The Morgan fingerprint density at radius 1 is 1.03 bits per heavy atom. The summed E-state index contributed by atoms with van der Waals surface area (Å²) < 4.78 is 11.9. The van der Waals surface area contributed by atoms with E-state index in [9.17, 15) is 15.0 Å². The number of aromatic carboxylic acids is 1. The van der Waals surface area contributed by atoms with E-state index in [1.165, 1.54) is 0 Å². The van der Waals surface area contributed by atoms with Crippen LogP contribution in [0.1, 0.15) is 33.3 Å². The molecule has 4 aromatic rings. The van der Waals surface area contributed by atoms with Crippen LogP contribution in [0.2, 0.25) is 0 Å². The Bertz CT molecular complexity index is 1320. The molecule has 0 fully saturated rings. The predicted octanol–water partition coefficient (Wildman–Crippen LogP) is 4.80. The second-order valence-electron chi connectivity index (χ2n) is 8.21. The minimum Gasteiger partial charge on any atom is -0.493 e. The van der Waals surface area contributed by atoms with Crippen LogP contribution < -0.4 is 9.47 Å². The summed E-state index contributed by atoms with van der Waals surface area (Å²) in [5, 5.41) is 21.2. The zero-order chi connectivity index (χ0) is 22.8. The van der Waals surface area contributed by atoms with Crippen molar-refractivity contribution in [3.8, 4) is 11.5 Å². The lowest BCUT2D eigenvalue weighted by molar-refractivity contribution is 0.0505. The number of aromatic nitrogens is 1. The highest BCUT2D eigenvalue weighted by atomic mass is 16.5. The molecule has 0 spiro atoms. The van der Waals surface area contributed by atoms with Crippen molar-refractivity contribution in [1.82, 2.24) is 4.98 Å². The second-order valence-corrected chi connectivity index (χ2v) is 8.21. The number of aliphatic hydroxyl groups excluding tert-OH is 1. The van der Waals surface area contributed by atoms with Gasteiger partial charge in [0, 0.05) is 22.9 Å². The lowest BCUT2D eigenvalue weighted by Gasteiger charge is -2.30. The maximum Gasteiger partial charge on any atom is 0.335 e. The molecule has 0 amide bonds. The number of hydrogen-bond donors (Lipinski definition) is 2. The summed E-state index contributed by atoms with van der Waals surface area (Å²) >= 11 is 0. The summed E-state index contributed by atoms with van der Waals surface area (Å²) in [5.74, 6) is 0.106. The number of hydrogen-bond acceptors (Lipinski definition) is 5. The minimum atomic E-state index is -0.964. The van der Waals surface area contributed by atoms with Crippen LogP contribution in [0.3, 0.4) is 0 Å². The van der Waals surface area contributed by atoms with Gasteiger partial charge in [-0.25, -0.2) is 9.78 Å². The van der Waals surface area contributed by atoms with Crippen LogP contribution >= 0.6 is 0 Å². The molecule has 33 heavy (non-hydrogen) atoms. The molecule has 1 aliphatic rings. The second kappa shape index (κ2) is 8.92. The summed E-state index contributed by atoms with van der Waals surface area (Å²) in [4.78, 5) is 15.8. The maximum atomic E-state index is 11.2. The van der Waals surface area contributed by atoms with Gasteiger partial charge in [-0.15, -0.1) is 0 Å². The van der Waals surface area contributed by atoms with Crippen molar-refractivity contribution in [3.05, 3.63) is 101 Å². The number of aliphatic hydroxyl groups is 1. The van der Waals surface area contributed by atoms with Crippen LogP contribution in [0, 0.1) is 5.92 Å². The van der Waals surface area contributed by atoms with Crippen molar-refractivity contribution in [2.75, 3.05) is 6.61 Å². The molecule has 0 saturated heterocycles. The topological polar surface area (TPSA) is 88.9 Å². The van der Waals surface area contributed by atoms with Gasteiger partial charge in [-0.2, -0.15) is 0 Å². The molecule has 0 unspecified atom stereocenters. The largest absolute Gasteiger partial charge is 0.493 e. The highest BCUT2D eigenvalue weighted by Gasteiger charge is 2.30. The van der Waals surface area contributed by atoms with Gasteiger partial charge < -0.3 is 19.7 Å². The first kappa shape index (κ1) is 21.0. The number of ether oxygens (including phenoxy) is 2. The van der Waals surface area contributed by atoms with E-state index in [2.05, 4.69) is 4.98 Å². The maximum absolute atomic E-state index is 11.2. The van der Waals surface area contributed by atoms with Crippen LogP contribution in [-0.2, 0) is 13.0 Å². The summed E-state index contributed by atoms with van der Waals surface area (Å²) in [6, 6.07) is 24.1. The number of pyridine rings is 1. The van der Waals surface area contributed by atoms with E-state index in [4.69, 9.17) is 9.47 Å². The Labute approximate surface area is 191 Å². The summed E-state index contributed by atoms with van der Waals surface area (Å²) in [5.41, 5.74) is 3.55. The molecule has 5 rings (SSSR count). The van der Waals surface area contributed by atoms with Gasteiger partial charge >= 0.3 is 5.97 Å². The first-order chi connectivity index (χ1) is 16.1.